The molecule has 0 saturated heterocycles. The van der Waals surface area contributed by atoms with Crippen LogP contribution in [0.4, 0.5) is 5.69 Å². The first-order valence-electron chi connectivity index (χ1n) is 6.75. The molecular weight excluding hydrogens is 316 g/mol. The average molecular weight is 330 g/mol. The lowest BCUT2D eigenvalue weighted by Crippen LogP contribution is -2.12. The normalized spacial score (nSPS) is 10.4. The van der Waals surface area contributed by atoms with E-state index < -0.39 is 4.92 Å². The van der Waals surface area contributed by atoms with E-state index in [9.17, 15) is 14.9 Å². The summed E-state index contributed by atoms with van der Waals surface area (Å²) in [6.45, 7) is 1.35. The van der Waals surface area contributed by atoms with Gasteiger partial charge in [0.2, 0.25) is 11.8 Å². The Morgan fingerprint density at radius 2 is 2.12 bits per heavy atom. The van der Waals surface area contributed by atoms with Gasteiger partial charge in [0, 0.05) is 19.1 Å². The van der Waals surface area contributed by atoms with Crippen LogP contribution in [0.2, 0.25) is 0 Å². The number of carbonyl (C=O) groups is 1. The molecule has 2 aromatic rings. The van der Waals surface area contributed by atoms with Gasteiger partial charge in [-0.15, -0.1) is 0 Å². The van der Waals surface area contributed by atoms with Crippen molar-refractivity contribution in [1.29, 1.82) is 0 Å². The molecule has 1 aromatic carbocycles. The van der Waals surface area contributed by atoms with Crippen LogP contribution in [0.5, 0.6) is 17.4 Å². The number of hydrazone groups is 1. The fourth-order valence-electron chi connectivity index (χ4n) is 1.70. The fraction of sp³-hybridized carbons (Fsp3) is 0.133. The molecule has 0 bridgehead atoms. The molecule has 0 atom stereocenters. The van der Waals surface area contributed by atoms with Crippen molar-refractivity contribution in [3.63, 3.8) is 0 Å². The Morgan fingerprint density at radius 3 is 2.71 bits per heavy atom. The highest BCUT2D eigenvalue weighted by Crippen LogP contribution is 2.31. The number of pyridine rings is 1. The summed E-state index contributed by atoms with van der Waals surface area (Å²) in [4.78, 5) is 24.7. The van der Waals surface area contributed by atoms with Gasteiger partial charge in [-0.25, -0.2) is 10.4 Å². The van der Waals surface area contributed by atoms with Crippen LogP contribution in [-0.4, -0.2) is 29.1 Å². The summed E-state index contributed by atoms with van der Waals surface area (Å²) in [6.07, 6.45) is 2.56. The molecule has 1 heterocycles. The van der Waals surface area contributed by atoms with Crippen LogP contribution in [-0.2, 0) is 4.79 Å². The zero-order valence-electron chi connectivity index (χ0n) is 12.9. The number of hydrogen-bond donors (Lipinski definition) is 1. The van der Waals surface area contributed by atoms with Crippen molar-refractivity contribution in [2.75, 3.05) is 7.11 Å². The Kier molecular flexibility index (Phi) is 5.40. The fourth-order valence-corrected chi connectivity index (χ4v) is 1.70. The van der Waals surface area contributed by atoms with Crippen LogP contribution in [0.15, 0.2) is 41.6 Å². The summed E-state index contributed by atoms with van der Waals surface area (Å²) in [5, 5.41) is 14.4. The third-order valence-electron chi connectivity index (χ3n) is 2.77. The highest BCUT2D eigenvalue weighted by Gasteiger charge is 2.10. The molecule has 0 aliphatic rings. The lowest BCUT2D eigenvalue weighted by atomic mass is 10.2. The van der Waals surface area contributed by atoms with Crippen LogP contribution in [0.3, 0.4) is 0 Å². The number of nitro groups is 1. The summed E-state index contributed by atoms with van der Waals surface area (Å²) in [7, 11) is 1.47. The third kappa shape index (κ3) is 4.50. The standard InChI is InChI=1S/C15H14N4O5/c1-10(20)18-17-8-11-3-5-13(14(7-11)23-2)24-15-6-4-12(9-16-15)19(21)22/h3-9H,1-2H3,(H,18,20)/b17-8-. The maximum atomic E-state index is 10.8. The van der Waals surface area contributed by atoms with Gasteiger partial charge >= 0.3 is 0 Å². The van der Waals surface area contributed by atoms with Crippen molar-refractivity contribution in [1.82, 2.24) is 10.4 Å². The van der Waals surface area contributed by atoms with E-state index in [4.69, 9.17) is 9.47 Å². The molecule has 0 radical (unpaired) electrons. The first kappa shape index (κ1) is 16.9. The van der Waals surface area contributed by atoms with Gasteiger partial charge in [-0.1, -0.05) is 0 Å². The third-order valence-corrected chi connectivity index (χ3v) is 2.77. The minimum absolute atomic E-state index is 0.126. The highest BCUT2D eigenvalue weighted by molar-refractivity contribution is 5.82. The SMILES string of the molecule is COc1cc(/C=N\NC(C)=O)ccc1Oc1ccc([N+](=O)[O-])cn1. The van der Waals surface area contributed by atoms with Crippen LogP contribution >= 0.6 is 0 Å². The van der Waals surface area contributed by atoms with Gasteiger partial charge in [-0.05, 0) is 23.8 Å². The summed E-state index contributed by atoms with van der Waals surface area (Å²) < 4.78 is 10.8. The van der Waals surface area contributed by atoms with Crippen molar-refractivity contribution >= 4 is 17.8 Å². The van der Waals surface area contributed by atoms with Gasteiger partial charge in [0.25, 0.3) is 5.69 Å². The average Bonchev–Trinajstić information content (AvgIpc) is 2.56. The summed E-state index contributed by atoms with van der Waals surface area (Å²) in [5.41, 5.74) is 2.85. The molecule has 1 amide bonds. The molecule has 0 saturated carbocycles. The summed E-state index contributed by atoms with van der Waals surface area (Å²) in [5.74, 6) is 0.721. The van der Waals surface area contributed by atoms with E-state index in [0.717, 1.165) is 6.20 Å². The largest absolute Gasteiger partial charge is 0.493 e. The Morgan fingerprint density at radius 1 is 1.33 bits per heavy atom. The number of hydrogen-bond acceptors (Lipinski definition) is 7. The van der Waals surface area contributed by atoms with E-state index in [0.29, 0.717) is 17.1 Å². The van der Waals surface area contributed by atoms with E-state index in [1.165, 1.54) is 32.4 Å². The lowest BCUT2D eigenvalue weighted by molar-refractivity contribution is -0.385. The first-order chi connectivity index (χ1) is 11.5. The Labute approximate surface area is 137 Å². The molecule has 1 N–H and O–H groups in total. The molecule has 124 valence electrons. The molecule has 9 nitrogen and oxygen atoms in total. The number of methoxy groups -OCH3 is 1. The van der Waals surface area contributed by atoms with Crippen LogP contribution < -0.4 is 14.9 Å². The molecule has 0 unspecified atom stereocenters. The second-order valence-corrected chi connectivity index (χ2v) is 4.55. The Hall–Kier alpha value is -3.49. The highest BCUT2D eigenvalue weighted by atomic mass is 16.6. The van der Waals surface area contributed by atoms with E-state index in [1.54, 1.807) is 18.2 Å². The number of benzene rings is 1. The molecule has 9 heteroatoms. The number of carbonyl (C=O) groups excluding carboxylic acids is 1. The topological polar surface area (TPSA) is 116 Å². The number of nitrogens with zero attached hydrogens (tertiary/aromatic N) is 3. The molecule has 1 aromatic heterocycles. The molecule has 0 aliphatic carbocycles. The molecule has 2 rings (SSSR count). The summed E-state index contributed by atoms with van der Waals surface area (Å²) in [6, 6.07) is 7.69. The lowest BCUT2D eigenvalue weighted by Gasteiger charge is -2.10. The molecule has 0 fully saturated rings. The van der Waals surface area contributed by atoms with E-state index in [1.807, 2.05) is 0 Å². The van der Waals surface area contributed by atoms with E-state index >= 15 is 0 Å². The van der Waals surface area contributed by atoms with Gasteiger partial charge in [-0.2, -0.15) is 5.10 Å². The number of ether oxygens (including phenoxy) is 2. The van der Waals surface area contributed by atoms with Gasteiger partial charge in [0.1, 0.15) is 6.20 Å². The van der Waals surface area contributed by atoms with Gasteiger partial charge in [0.15, 0.2) is 11.5 Å². The monoisotopic (exact) mass is 330 g/mol. The number of nitrogens with one attached hydrogen (secondary N) is 1. The van der Waals surface area contributed by atoms with Crippen molar-refractivity contribution in [3.05, 3.63) is 52.2 Å². The maximum absolute atomic E-state index is 10.8. The minimum atomic E-state index is -0.541. The van der Waals surface area contributed by atoms with Gasteiger partial charge in [0.05, 0.1) is 18.2 Å². The minimum Gasteiger partial charge on any atom is -0.493 e. The van der Waals surface area contributed by atoms with Crippen molar-refractivity contribution in [3.8, 4) is 17.4 Å². The van der Waals surface area contributed by atoms with Crippen LogP contribution in [0, 0.1) is 10.1 Å². The molecule has 24 heavy (non-hydrogen) atoms. The summed E-state index contributed by atoms with van der Waals surface area (Å²) >= 11 is 0. The molecule has 0 aliphatic heterocycles. The van der Waals surface area contributed by atoms with E-state index in [-0.39, 0.29) is 17.5 Å². The predicted molar refractivity (Wildman–Crippen MR) is 85.4 cm³/mol. The predicted octanol–water partition coefficient (Wildman–Crippen LogP) is 2.26. The second-order valence-electron chi connectivity index (χ2n) is 4.55. The smallest absolute Gasteiger partial charge is 0.287 e. The quantitative estimate of drug-likeness (QED) is 0.493. The van der Waals surface area contributed by atoms with Gasteiger partial charge in [-0.3, -0.25) is 14.9 Å². The number of rotatable bonds is 6. The number of aromatic nitrogens is 1. The first-order valence-corrected chi connectivity index (χ1v) is 6.75. The van der Waals surface area contributed by atoms with Crippen molar-refractivity contribution < 1.29 is 19.2 Å². The maximum Gasteiger partial charge on any atom is 0.287 e. The Balaban J connectivity index is 2.16. The zero-order valence-corrected chi connectivity index (χ0v) is 12.9. The van der Waals surface area contributed by atoms with Gasteiger partial charge < -0.3 is 9.47 Å². The molecule has 0 spiro atoms. The van der Waals surface area contributed by atoms with Crippen molar-refractivity contribution in [2.45, 2.75) is 6.92 Å². The van der Waals surface area contributed by atoms with Crippen LogP contribution in [0.25, 0.3) is 0 Å². The van der Waals surface area contributed by atoms with E-state index in [2.05, 4.69) is 15.5 Å². The number of amides is 1. The zero-order chi connectivity index (χ0) is 17.5. The van der Waals surface area contributed by atoms with Crippen LogP contribution in [0.1, 0.15) is 12.5 Å². The Bertz CT molecular complexity index is 774. The second kappa shape index (κ2) is 7.68. The van der Waals surface area contributed by atoms with Crippen molar-refractivity contribution in [2.24, 2.45) is 5.10 Å². The molecular formula is C15H14N4O5.